The molecule has 1 saturated heterocycles. The molecule has 2 heterocycles. The van der Waals surface area contributed by atoms with Gasteiger partial charge in [-0.3, -0.25) is 4.90 Å². The molecule has 1 aromatic rings. The molecular formula is C10H16N2S. The monoisotopic (exact) mass is 196 g/mol. The molecule has 2 nitrogen and oxygen atoms in total. The largest absolute Gasteiger partial charge is 0.329 e. The molecule has 1 aliphatic rings. The van der Waals surface area contributed by atoms with Crippen molar-refractivity contribution in [2.45, 2.75) is 25.4 Å². The highest BCUT2D eigenvalue weighted by atomic mass is 32.1. The second-order valence-corrected chi connectivity index (χ2v) is 4.61. The molecule has 1 aliphatic heterocycles. The van der Waals surface area contributed by atoms with Crippen molar-refractivity contribution >= 4 is 11.3 Å². The Labute approximate surface area is 83.4 Å². The lowest BCUT2D eigenvalue weighted by atomic mass is 10.2. The Hall–Kier alpha value is -0.380. The molecule has 0 aliphatic carbocycles. The Balaban J connectivity index is 1.94. The fourth-order valence-corrected chi connectivity index (χ4v) is 2.70. The summed E-state index contributed by atoms with van der Waals surface area (Å²) in [4.78, 5) is 3.96. The maximum atomic E-state index is 5.71. The van der Waals surface area contributed by atoms with E-state index < -0.39 is 0 Å². The van der Waals surface area contributed by atoms with E-state index in [1.807, 2.05) is 11.3 Å². The number of hydrogen-bond acceptors (Lipinski definition) is 3. The van der Waals surface area contributed by atoms with Crippen LogP contribution in [0.15, 0.2) is 17.5 Å². The number of nitrogens with zero attached hydrogens (tertiary/aromatic N) is 1. The van der Waals surface area contributed by atoms with Gasteiger partial charge >= 0.3 is 0 Å². The molecule has 0 spiro atoms. The van der Waals surface area contributed by atoms with Gasteiger partial charge in [0.2, 0.25) is 0 Å². The number of hydrogen-bond donors (Lipinski definition) is 1. The minimum atomic E-state index is 0.627. The van der Waals surface area contributed by atoms with E-state index in [2.05, 4.69) is 22.4 Å². The summed E-state index contributed by atoms with van der Waals surface area (Å²) in [6.07, 6.45) is 2.59. The second kappa shape index (κ2) is 4.22. The van der Waals surface area contributed by atoms with Crippen LogP contribution >= 0.6 is 11.3 Å². The average molecular weight is 196 g/mol. The third-order valence-corrected chi connectivity index (χ3v) is 3.57. The SMILES string of the molecule is NCC1CCCN1Cc1cccs1. The van der Waals surface area contributed by atoms with Crippen LogP contribution in [0.2, 0.25) is 0 Å². The van der Waals surface area contributed by atoms with Crippen molar-refractivity contribution in [2.24, 2.45) is 5.73 Å². The van der Waals surface area contributed by atoms with E-state index >= 15 is 0 Å². The Morgan fingerprint density at radius 3 is 3.23 bits per heavy atom. The van der Waals surface area contributed by atoms with E-state index in [-0.39, 0.29) is 0 Å². The van der Waals surface area contributed by atoms with Crippen LogP contribution in [0.4, 0.5) is 0 Å². The predicted molar refractivity (Wildman–Crippen MR) is 56.8 cm³/mol. The third-order valence-electron chi connectivity index (χ3n) is 2.71. The molecule has 0 amide bonds. The molecule has 13 heavy (non-hydrogen) atoms. The topological polar surface area (TPSA) is 29.3 Å². The molecule has 1 unspecified atom stereocenters. The number of thiophene rings is 1. The van der Waals surface area contributed by atoms with Crippen molar-refractivity contribution in [1.82, 2.24) is 4.90 Å². The van der Waals surface area contributed by atoms with E-state index in [0.29, 0.717) is 6.04 Å². The van der Waals surface area contributed by atoms with Crippen LogP contribution in [0.3, 0.4) is 0 Å². The van der Waals surface area contributed by atoms with Gasteiger partial charge < -0.3 is 5.73 Å². The fourth-order valence-electron chi connectivity index (χ4n) is 1.97. The van der Waals surface area contributed by atoms with Crippen LogP contribution in [0.1, 0.15) is 17.7 Å². The van der Waals surface area contributed by atoms with Crippen molar-refractivity contribution in [3.8, 4) is 0 Å². The summed E-state index contributed by atoms with van der Waals surface area (Å²) in [7, 11) is 0. The van der Waals surface area contributed by atoms with Crippen molar-refractivity contribution in [3.63, 3.8) is 0 Å². The van der Waals surface area contributed by atoms with E-state index in [1.165, 1.54) is 24.3 Å². The molecule has 1 fully saturated rings. The van der Waals surface area contributed by atoms with Gasteiger partial charge in [-0.05, 0) is 30.8 Å². The average Bonchev–Trinajstić information content (AvgIpc) is 2.76. The Morgan fingerprint density at radius 2 is 2.54 bits per heavy atom. The highest BCUT2D eigenvalue weighted by Crippen LogP contribution is 2.20. The zero-order valence-corrected chi connectivity index (χ0v) is 8.59. The Morgan fingerprint density at radius 1 is 1.62 bits per heavy atom. The standard InChI is InChI=1S/C10H16N2S/c11-7-9-3-1-5-12(9)8-10-4-2-6-13-10/h2,4,6,9H,1,3,5,7-8,11H2. The van der Waals surface area contributed by atoms with Gasteiger partial charge in [-0.15, -0.1) is 11.3 Å². The summed E-state index contributed by atoms with van der Waals surface area (Å²) < 4.78 is 0. The molecule has 0 saturated carbocycles. The van der Waals surface area contributed by atoms with Gasteiger partial charge in [0, 0.05) is 24.0 Å². The van der Waals surface area contributed by atoms with E-state index in [0.717, 1.165) is 13.1 Å². The molecule has 72 valence electrons. The lowest BCUT2D eigenvalue weighted by molar-refractivity contribution is 0.252. The van der Waals surface area contributed by atoms with Crippen LogP contribution in [-0.2, 0) is 6.54 Å². The minimum Gasteiger partial charge on any atom is -0.329 e. The molecule has 1 aromatic heterocycles. The maximum absolute atomic E-state index is 5.71. The van der Waals surface area contributed by atoms with E-state index in [1.54, 1.807) is 0 Å². The van der Waals surface area contributed by atoms with E-state index in [9.17, 15) is 0 Å². The van der Waals surface area contributed by atoms with Crippen LogP contribution in [-0.4, -0.2) is 24.0 Å². The maximum Gasteiger partial charge on any atom is 0.0331 e. The molecule has 0 radical (unpaired) electrons. The molecule has 0 bridgehead atoms. The number of likely N-dealkylation sites (tertiary alicyclic amines) is 1. The molecule has 3 heteroatoms. The first-order valence-electron chi connectivity index (χ1n) is 4.86. The van der Waals surface area contributed by atoms with Gasteiger partial charge in [-0.2, -0.15) is 0 Å². The minimum absolute atomic E-state index is 0.627. The van der Waals surface area contributed by atoms with Gasteiger partial charge in [-0.1, -0.05) is 6.07 Å². The van der Waals surface area contributed by atoms with Gasteiger partial charge in [-0.25, -0.2) is 0 Å². The lowest BCUT2D eigenvalue weighted by Crippen LogP contribution is -2.34. The normalized spacial score (nSPS) is 23.9. The van der Waals surface area contributed by atoms with Crippen molar-refractivity contribution < 1.29 is 0 Å². The number of rotatable bonds is 3. The quantitative estimate of drug-likeness (QED) is 0.797. The highest BCUT2D eigenvalue weighted by Gasteiger charge is 2.22. The van der Waals surface area contributed by atoms with Gasteiger partial charge in [0.15, 0.2) is 0 Å². The van der Waals surface area contributed by atoms with Crippen LogP contribution in [0.25, 0.3) is 0 Å². The Kier molecular flexibility index (Phi) is 2.98. The number of nitrogens with two attached hydrogens (primary N) is 1. The first kappa shape index (κ1) is 9.19. The van der Waals surface area contributed by atoms with Crippen LogP contribution in [0.5, 0.6) is 0 Å². The molecule has 0 aromatic carbocycles. The zero-order valence-electron chi connectivity index (χ0n) is 7.78. The first-order chi connectivity index (χ1) is 6.40. The molecular weight excluding hydrogens is 180 g/mol. The molecule has 2 N–H and O–H groups in total. The van der Waals surface area contributed by atoms with Gasteiger partial charge in [0.1, 0.15) is 0 Å². The third kappa shape index (κ3) is 2.10. The second-order valence-electron chi connectivity index (χ2n) is 3.58. The fraction of sp³-hybridized carbons (Fsp3) is 0.600. The van der Waals surface area contributed by atoms with Crippen molar-refractivity contribution in [2.75, 3.05) is 13.1 Å². The zero-order chi connectivity index (χ0) is 9.10. The van der Waals surface area contributed by atoms with Crippen LogP contribution < -0.4 is 5.73 Å². The summed E-state index contributed by atoms with van der Waals surface area (Å²) in [5, 5.41) is 2.14. The molecule has 1 atom stereocenters. The van der Waals surface area contributed by atoms with Crippen molar-refractivity contribution in [3.05, 3.63) is 22.4 Å². The van der Waals surface area contributed by atoms with E-state index in [4.69, 9.17) is 5.73 Å². The summed E-state index contributed by atoms with van der Waals surface area (Å²) >= 11 is 1.84. The van der Waals surface area contributed by atoms with Crippen LogP contribution in [0, 0.1) is 0 Å². The first-order valence-corrected chi connectivity index (χ1v) is 5.74. The molecule has 2 rings (SSSR count). The van der Waals surface area contributed by atoms with Gasteiger partial charge in [0.25, 0.3) is 0 Å². The Bertz CT molecular complexity index is 245. The smallest absolute Gasteiger partial charge is 0.0331 e. The summed E-state index contributed by atoms with van der Waals surface area (Å²) in [5.41, 5.74) is 5.71. The van der Waals surface area contributed by atoms with Gasteiger partial charge in [0.05, 0.1) is 0 Å². The summed E-state index contributed by atoms with van der Waals surface area (Å²) in [6, 6.07) is 4.95. The van der Waals surface area contributed by atoms with Crippen molar-refractivity contribution in [1.29, 1.82) is 0 Å². The summed E-state index contributed by atoms with van der Waals surface area (Å²) in [5.74, 6) is 0. The lowest BCUT2D eigenvalue weighted by Gasteiger charge is -2.22. The predicted octanol–water partition coefficient (Wildman–Crippen LogP) is 1.67. The summed E-state index contributed by atoms with van der Waals surface area (Å²) in [6.45, 7) is 3.13. The highest BCUT2D eigenvalue weighted by molar-refractivity contribution is 7.09.